The molecule has 0 spiro atoms. The highest BCUT2D eigenvalue weighted by atomic mass is 19.4. The Kier molecular flexibility index (Phi) is 7.74. The number of imidazole rings is 1. The van der Waals surface area contributed by atoms with Crippen molar-refractivity contribution in [2.24, 2.45) is 11.8 Å². The number of nitrogens with zero attached hydrogens (tertiary/aromatic N) is 4. The van der Waals surface area contributed by atoms with E-state index in [1.807, 2.05) is 0 Å². The summed E-state index contributed by atoms with van der Waals surface area (Å²) in [6.07, 6.45) is -0.176. The van der Waals surface area contributed by atoms with Gasteiger partial charge in [0.1, 0.15) is 5.69 Å². The van der Waals surface area contributed by atoms with Crippen molar-refractivity contribution in [3.63, 3.8) is 0 Å². The first kappa shape index (κ1) is 27.9. The fourth-order valence-corrected chi connectivity index (χ4v) is 5.17. The van der Waals surface area contributed by atoms with Crippen LogP contribution in [0.5, 0.6) is 0 Å². The maximum atomic E-state index is 13.9. The van der Waals surface area contributed by atoms with Gasteiger partial charge in [-0.15, -0.1) is 0 Å². The third-order valence-electron chi connectivity index (χ3n) is 7.50. The van der Waals surface area contributed by atoms with Crippen molar-refractivity contribution < 1.29 is 31.5 Å². The number of amides is 2. The van der Waals surface area contributed by atoms with E-state index in [0.29, 0.717) is 16.9 Å². The van der Waals surface area contributed by atoms with E-state index >= 15 is 0 Å². The zero-order valence-corrected chi connectivity index (χ0v) is 21.5. The van der Waals surface area contributed by atoms with Gasteiger partial charge < -0.3 is 10.6 Å². The van der Waals surface area contributed by atoms with Crippen LogP contribution >= 0.6 is 0 Å². The van der Waals surface area contributed by atoms with Crippen LogP contribution in [0.3, 0.4) is 0 Å². The van der Waals surface area contributed by atoms with Crippen LogP contribution in [0.1, 0.15) is 85.2 Å². The number of fused-ring (bicyclic) bond motifs is 1. The van der Waals surface area contributed by atoms with Gasteiger partial charge in [0, 0.05) is 25.5 Å². The molecular formula is C27H29F5N6O2. The molecule has 8 nitrogen and oxygen atoms in total. The Morgan fingerprint density at radius 3 is 2.42 bits per heavy atom. The second kappa shape index (κ2) is 11.1. The van der Waals surface area contributed by atoms with Crippen molar-refractivity contribution in [1.82, 2.24) is 30.2 Å². The third-order valence-corrected chi connectivity index (χ3v) is 7.50. The Hall–Kier alpha value is -3.64. The molecule has 1 unspecified atom stereocenters. The van der Waals surface area contributed by atoms with Crippen molar-refractivity contribution in [2.45, 2.75) is 75.5 Å². The molecule has 0 saturated heterocycles. The number of carbonyl (C=O) groups excluding carboxylic acids is 2. The van der Waals surface area contributed by atoms with Crippen molar-refractivity contribution in [2.75, 3.05) is 0 Å². The molecule has 0 bridgehead atoms. The fraction of sp³-hybridized carbons (Fsp3) is 0.519. The second-order valence-corrected chi connectivity index (χ2v) is 10.6. The van der Waals surface area contributed by atoms with Gasteiger partial charge in [0.2, 0.25) is 11.8 Å². The lowest BCUT2D eigenvalue weighted by molar-refractivity contribution is -0.144. The summed E-state index contributed by atoms with van der Waals surface area (Å²) in [5.74, 6) is -4.09. The molecule has 13 heteroatoms. The van der Waals surface area contributed by atoms with Crippen LogP contribution in [0.15, 0.2) is 42.9 Å². The first-order chi connectivity index (χ1) is 19.0. The normalized spacial score (nSPS) is 19.2. The molecule has 2 atom stereocenters. The lowest BCUT2D eigenvalue weighted by Crippen LogP contribution is -2.37. The monoisotopic (exact) mass is 564 g/mol. The molecule has 2 amide bonds. The number of nitrogens with one attached hydrogen (secondary N) is 2. The SMILES string of the molecule is O=C(CCC(F)(F)F)NC(c1cnn2cc([C@@H](NC(=O)c3ccccn3)C3CCC(F)(F)CC3)nc2c1)C1CC1. The summed E-state index contributed by atoms with van der Waals surface area (Å²) in [7, 11) is 0. The Morgan fingerprint density at radius 2 is 1.77 bits per heavy atom. The summed E-state index contributed by atoms with van der Waals surface area (Å²) in [6, 6.07) is 5.44. The van der Waals surface area contributed by atoms with Gasteiger partial charge in [-0.1, -0.05) is 6.07 Å². The molecule has 3 aromatic rings. The maximum absolute atomic E-state index is 13.9. The van der Waals surface area contributed by atoms with Gasteiger partial charge in [0.15, 0.2) is 5.65 Å². The Morgan fingerprint density at radius 1 is 1.05 bits per heavy atom. The lowest BCUT2D eigenvalue weighted by atomic mass is 9.81. The standard InChI is InChI=1S/C27H29F5N6O2/c28-26(29)9-6-17(7-10-26)24(37-25(40)19-3-1-2-12-33-19)20-15-38-21(35-20)13-18(14-34-38)23(16-4-5-16)36-22(39)8-11-27(30,31)32/h1-3,12-17,23-24H,4-11H2,(H,36,39)(H,37,40)/t23?,24-/m0/s1. The number of aromatic nitrogens is 4. The van der Waals surface area contributed by atoms with E-state index in [1.165, 1.54) is 16.9 Å². The van der Waals surface area contributed by atoms with Gasteiger partial charge in [-0.2, -0.15) is 18.3 Å². The third kappa shape index (κ3) is 6.92. The highest BCUT2D eigenvalue weighted by molar-refractivity contribution is 5.92. The quantitative estimate of drug-likeness (QED) is 0.342. The van der Waals surface area contributed by atoms with Gasteiger partial charge in [0.25, 0.3) is 5.91 Å². The molecule has 2 aliphatic rings. The molecule has 2 saturated carbocycles. The Labute approximate surface area is 226 Å². The second-order valence-electron chi connectivity index (χ2n) is 10.6. The lowest BCUT2D eigenvalue weighted by Gasteiger charge is -2.33. The highest BCUT2D eigenvalue weighted by Gasteiger charge is 2.40. The van der Waals surface area contributed by atoms with Crippen LogP contribution < -0.4 is 10.6 Å². The average molecular weight is 565 g/mol. The molecule has 2 aliphatic carbocycles. The highest BCUT2D eigenvalue weighted by Crippen LogP contribution is 2.43. The van der Waals surface area contributed by atoms with Gasteiger partial charge in [-0.3, -0.25) is 14.6 Å². The van der Waals surface area contributed by atoms with Crippen LogP contribution in [0.2, 0.25) is 0 Å². The zero-order chi connectivity index (χ0) is 28.5. The molecule has 0 radical (unpaired) electrons. The van der Waals surface area contributed by atoms with Gasteiger partial charge >= 0.3 is 6.18 Å². The summed E-state index contributed by atoms with van der Waals surface area (Å²) >= 11 is 0. The van der Waals surface area contributed by atoms with Crippen molar-refractivity contribution in [3.05, 3.63) is 59.8 Å². The van der Waals surface area contributed by atoms with Gasteiger partial charge in [-0.25, -0.2) is 18.3 Å². The minimum absolute atomic E-state index is 0.0860. The summed E-state index contributed by atoms with van der Waals surface area (Å²) in [4.78, 5) is 34.0. The van der Waals surface area contributed by atoms with Crippen molar-refractivity contribution >= 4 is 17.5 Å². The average Bonchev–Trinajstić information content (AvgIpc) is 3.67. The first-order valence-corrected chi connectivity index (χ1v) is 13.3. The van der Waals surface area contributed by atoms with E-state index in [4.69, 9.17) is 0 Å². The number of pyridine rings is 1. The van der Waals surface area contributed by atoms with Crippen LogP contribution in [-0.2, 0) is 4.79 Å². The Balaban J connectivity index is 1.39. The van der Waals surface area contributed by atoms with E-state index in [0.717, 1.165) is 12.8 Å². The molecule has 2 N–H and O–H groups in total. The topological polar surface area (TPSA) is 101 Å². The number of hydrogen-bond donors (Lipinski definition) is 2. The molecule has 5 rings (SSSR count). The van der Waals surface area contributed by atoms with Crippen LogP contribution in [0, 0.1) is 11.8 Å². The Bertz CT molecular complexity index is 1350. The zero-order valence-electron chi connectivity index (χ0n) is 21.5. The molecule has 3 heterocycles. The maximum Gasteiger partial charge on any atom is 0.389 e. The molecular weight excluding hydrogens is 535 g/mol. The van der Waals surface area contributed by atoms with Gasteiger partial charge in [-0.05, 0) is 61.3 Å². The smallest absolute Gasteiger partial charge is 0.349 e. The summed E-state index contributed by atoms with van der Waals surface area (Å²) in [5, 5.41) is 10.0. The van der Waals surface area contributed by atoms with E-state index < -0.39 is 48.8 Å². The van der Waals surface area contributed by atoms with E-state index in [-0.39, 0.29) is 43.2 Å². The summed E-state index contributed by atoms with van der Waals surface area (Å²) in [6.45, 7) is 0. The molecule has 0 aromatic carbocycles. The number of alkyl halides is 5. The molecule has 3 aromatic heterocycles. The summed E-state index contributed by atoms with van der Waals surface area (Å²) in [5.41, 5.74) is 1.65. The molecule has 40 heavy (non-hydrogen) atoms. The van der Waals surface area contributed by atoms with Gasteiger partial charge in [0.05, 0.1) is 36.6 Å². The van der Waals surface area contributed by atoms with E-state index in [9.17, 15) is 31.5 Å². The number of rotatable bonds is 9. The summed E-state index contributed by atoms with van der Waals surface area (Å²) < 4.78 is 67.0. The number of hydrogen-bond acceptors (Lipinski definition) is 5. The van der Waals surface area contributed by atoms with E-state index in [1.54, 1.807) is 30.5 Å². The van der Waals surface area contributed by atoms with Crippen LogP contribution in [-0.4, -0.2) is 43.5 Å². The minimum atomic E-state index is -4.42. The van der Waals surface area contributed by atoms with E-state index in [2.05, 4.69) is 25.7 Å². The number of halogens is 5. The van der Waals surface area contributed by atoms with Crippen LogP contribution in [0.25, 0.3) is 5.65 Å². The fourth-order valence-electron chi connectivity index (χ4n) is 5.17. The van der Waals surface area contributed by atoms with Crippen LogP contribution in [0.4, 0.5) is 22.0 Å². The predicted octanol–water partition coefficient (Wildman–Crippen LogP) is 5.33. The predicted molar refractivity (Wildman–Crippen MR) is 133 cm³/mol. The molecule has 0 aliphatic heterocycles. The minimum Gasteiger partial charge on any atom is -0.349 e. The van der Waals surface area contributed by atoms with Crippen molar-refractivity contribution in [1.29, 1.82) is 0 Å². The number of carbonyl (C=O) groups is 2. The largest absolute Gasteiger partial charge is 0.389 e. The van der Waals surface area contributed by atoms with Crippen molar-refractivity contribution in [3.8, 4) is 0 Å². The first-order valence-electron chi connectivity index (χ1n) is 13.3. The molecule has 214 valence electrons. The molecule has 2 fully saturated rings.